The van der Waals surface area contributed by atoms with Crippen LogP contribution in [0.15, 0.2) is 12.2 Å². The molecule has 1 saturated carbocycles. The summed E-state index contributed by atoms with van der Waals surface area (Å²) in [6, 6.07) is 0. The zero-order chi connectivity index (χ0) is 36.3. The van der Waals surface area contributed by atoms with Crippen molar-refractivity contribution < 1.29 is 53.3 Å². The summed E-state index contributed by atoms with van der Waals surface area (Å²) in [6.45, 7) is 3.39. The van der Waals surface area contributed by atoms with Crippen molar-refractivity contribution >= 4 is 19.8 Å². The van der Waals surface area contributed by atoms with Crippen LogP contribution in [-0.2, 0) is 28.2 Å². The summed E-state index contributed by atoms with van der Waals surface area (Å²) in [4.78, 5) is 42.9. The van der Waals surface area contributed by atoms with E-state index in [9.17, 15) is 29.5 Å². The van der Waals surface area contributed by atoms with Crippen molar-refractivity contribution in [2.24, 2.45) is 11.8 Å². The van der Waals surface area contributed by atoms with Gasteiger partial charge in [-0.15, -0.1) is 0 Å². The molecule has 0 unspecified atom stereocenters. The van der Waals surface area contributed by atoms with Crippen LogP contribution in [0.5, 0.6) is 0 Å². The van der Waals surface area contributed by atoms with Gasteiger partial charge in [0.1, 0.15) is 6.61 Å². The van der Waals surface area contributed by atoms with E-state index in [4.69, 9.17) is 19.3 Å². The molecular formula is C37H69O11P. The van der Waals surface area contributed by atoms with E-state index in [1.54, 1.807) is 6.08 Å². The summed E-state index contributed by atoms with van der Waals surface area (Å²) in [5.74, 6) is -1.31. The molecule has 0 aromatic heterocycles. The highest BCUT2D eigenvalue weighted by Gasteiger charge is 2.39. The van der Waals surface area contributed by atoms with Gasteiger partial charge < -0.3 is 34.6 Å². The molecule has 1 fully saturated rings. The number of hydrogen-bond acceptors (Lipinski definition) is 9. The fourth-order valence-corrected chi connectivity index (χ4v) is 6.83. The average molecular weight is 721 g/mol. The van der Waals surface area contributed by atoms with E-state index in [1.807, 2.05) is 6.08 Å². The van der Waals surface area contributed by atoms with Crippen molar-refractivity contribution in [3.63, 3.8) is 0 Å². The Labute approximate surface area is 295 Å². The number of hydrogen-bond donors (Lipinski definition) is 5. The minimum absolute atomic E-state index is 0.0884. The fourth-order valence-electron chi connectivity index (χ4n) is 6.47. The van der Waals surface area contributed by atoms with Gasteiger partial charge in [-0.1, -0.05) is 129 Å². The number of ether oxygens (including phenoxy) is 2. The molecule has 5 N–H and O–H groups in total. The smallest absolute Gasteiger partial charge is 0.462 e. The maximum atomic E-state index is 12.5. The molecule has 11 nitrogen and oxygen atoms in total. The Balaban J connectivity index is 2.32. The van der Waals surface area contributed by atoms with Crippen molar-refractivity contribution in [2.45, 2.75) is 186 Å². The Morgan fingerprint density at radius 2 is 1.27 bits per heavy atom. The summed E-state index contributed by atoms with van der Waals surface area (Å²) >= 11 is 0. The van der Waals surface area contributed by atoms with E-state index in [0.717, 1.165) is 64.2 Å². The first-order chi connectivity index (χ1) is 23.5. The molecule has 1 aliphatic rings. The van der Waals surface area contributed by atoms with Crippen molar-refractivity contribution in [1.82, 2.24) is 0 Å². The number of unbranched alkanes of at least 4 members (excludes halogenated alkanes) is 15. The summed E-state index contributed by atoms with van der Waals surface area (Å²) < 4.78 is 26.3. The van der Waals surface area contributed by atoms with E-state index in [1.165, 1.54) is 44.9 Å². The average Bonchev–Trinajstić information content (AvgIpc) is 3.32. The van der Waals surface area contributed by atoms with Gasteiger partial charge in [-0.2, -0.15) is 0 Å². The highest BCUT2D eigenvalue weighted by atomic mass is 31.2. The van der Waals surface area contributed by atoms with Gasteiger partial charge in [-0.05, 0) is 31.6 Å². The molecule has 0 aromatic rings. The lowest BCUT2D eigenvalue weighted by molar-refractivity contribution is -0.161. The molecule has 1 rings (SSSR count). The number of phosphoric ester groups is 1. The van der Waals surface area contributed by atoms with Crippen molar-refractivity contribution in [2.75, 3.05) is 13.2 Å². The van der Waals surface area contributed by atoms with Gasteiger partial charge in [0.2, 0.25) is 0 Å². The number of esters is 2. The molecule has 288 valence electrons. The summed E-state index contributed by atoms with van der Waals surface area (Å²) in [6.07, 6.45) is 21.5. The van der Waals surface area contributed by atoms with Crippen molar-refractivity contribution in [1.29, 1.82) is 0 Å². The minimum Gasteiger partial charge on any atom is -0.462 e. The predicted octanol–water partition coefficient (Wildman–Crippen LogP) is 7.45. The van der Waals surface area contributed by atoms with Crippen molar-refractivity contribution in [3.8, 4) is 0 Å². The molecular weight excluding hydrogens is 651 g/mol. The molecule has 0 heterocycles. The quantitative estimate of drug-likeness (QED) is 0.0208. The first kappa shape index (κ1) is 45.7. The van der Waals surface area contributed by atoms with Crippen LogP contribution in [-0.4, -0.2) is 74.7 Å². The Hall–Kier alpha value is -1.33. The van der Waals surface area contributed by atoms with Crippen LogP contribution in [0.3, 0.4) is 0 Å². The molecule has 49 heavy (non-hydrogen) atoms. The Morgan fingerprint density at radius 3 is 1.86 bits per heavy atom. The normalized spacial score (nSPS) is 20.9. The van der Waals surface area contributed by atoms with E-state index in [0.29, 0.717) is 25.7 Å². The molecule has 12 heteroatoms. The van der Waals surface area contributed by atoms with E-state index >= 15 is 0 Å². The van der Waals surface area contributed by atoms with Crippen LogP contribution in [0.1, 0.15) is 162 Å². The second-order valence-corrected chi connectivity index (χ2v) is 15.1. The molecule has 6 atom stereocenters. The minimum atomic E-state index is -4.81. The predicted molar refractivity (Wildman–Crippen MR) is 191 cm³/mol. The molecule has 1 aliphatic carbocycles. The molecule has 0 aliphatic heterocycles. The molecule has 0 radical (unpaired) electrons. The molecule has 0 saturated heterocycles. The van der Waals surface area contributed by atoms with Crippen LogP contribution in [0.2, 0.25) is 0 Å². The van der Waals surface area contributed by atoms with Crippen LogP contribution in [0, 0.1) is 11.8 Å². The van der Waals surface area contributed by atoms with Gasteiger partial charge >= 0.3 is 19.8 Å². The second kappa shape index (κ2) is 28.3. The zero-order valence-electron chi connectivity index (χ0n) is 30.4. The lowest BCUT2D eigenvalue weighted by Crippen LogP contribution is -2.29. The van der Waals surface area contributed by atoms with Gasteiger partial charge in [0, 0.05) is 25.2 Å². The van der Waals surface area contributed by atoms with Crippen LogP contribution >= 0.6 is 7.82 Å². The Bertz CT molecular complexity index is 924. The van der Waals surface area contributed by atoms with Crippen molar-refractivity contribution in [3.05, 3.63) is 12.2 Å². The summed E-state index contributed by atoms with van der Waals surface area (Å²) in [5, 5.41) is 31.2. The maximum absolute atomic E-state index is 12.5. The number of rotatable bonds is 31. The number of carbonyl (C=O) groups is 2. The lowest BCUT2D eigenvalue weighted by atomic mass is 9.88. The first-order valence-electron chi connectivity index (χ1n) is 19.2. The van der Waals surface area contributed by atoms with Crippen LogP contribution in [0.4, 0.5) is 0 Å². The van der Waals surface area contributed by atoms with Gasteiger partial charge in [0.25, 0.3) is 0 Å². The lowest BCUT2D eigenvalue weighted by Gasteiger charge is -2.21. The summed E-state index contributed by atoms with van der Waals surface area (Å²) in [7, 11) is -4.81. The molecule has 0 spiro atoms. The maximum Gasteiger partial charge on any atom is 0.469 e. The first-order valence-corrected chi connectivity index (χ1v) is 20.8. The monoisotopic (exact) mass is 720 g/mol. The van der Waals surface area contributed by atoms with E-state index in [-0.39, 0.29) is 31.3 Å². The second-order valence-electron chi connectivity index (χ2n) is 13.9. The number of phosphoric acid groups is 1. The summed E-state index contributed by atoms with van der Waals surface area (Å²) in [5.41, 5.74) is 0. The zero-order valence-corrected chi connectivity index (χ0v) is 31.3. The number of aliphatic hydroxyl groups excluding tert-OH is 3. The number of aliphatic hydroxyl groups is 3. The standard InChI is InChI=1S/C37H69O11P/c1-3-5-7-8-9-10-11-12-13-14-19-23-36(41)46-28-31(29-47-49(43,44)45)48-37(42)24-20-16-15-18-22-32-33(35(40)27-34(32)39)26-25-30(38)21-17-6-4-2/h25-26,30-35,38-40H,3-24,27-29H2,1-2H3,(H2,43,44,45)/b26-25+/t30-,31+,32+,33+,34-,35+/m0/s1. The molecule has 0 amide bonds. The van der Waals surface area contributed by atoms with Crippen LogP contribution in [0.25, 0.3) is 0 Å². The largest absolute Gasteiger partial charge is 0.469 e. The third-order valence-electron chi connectivity index (χ3n) is 9.38. The highest BCUT2D eigenvalue weighted by Crippen LogP contribution is 2.38. The van der Waals surface area contributed by atoms with E-state index < -0.39 is 50.8 Å². The van der Waals surface area contributed by atoms with Crippen LogP contribution < -0.4 is 0 Å². The van der Waals surface area contributed by atoms with E-state index in [2.05, 4.69) is 18.4 Å². The number of carbonyl (C=O) groups excluding carboxylic acids is 2. The van der Waals surface area contributed by atoms with Gasteiger partial charge in [-0.25, -0.2) is 4.57 Å². The third kappa shape index (κ3) is 24.5. The van der Waals surface area contributed by atoms with Gasteiger partial charge in [0.15, 0.2) is 6.10 Å². The topological polar surface area (TPSA) is 180 Å². The Morgan fingerprint density at radius 1 is 0.735 bits per heavy atom. The van der Waals surface area contributed by atoms with Gasteiger partial charge in [-0.3, -0.25) is 14.1 Å². The SMILES string of the molecule is CCCCCCCCCCCCCC(=O)OC[C@H](COP(=O)(O)O)OC(=O)CCCCCC[C@@H]1[C@@H](/C=C/[C@@H](O)CCCCC)[C@H](O)C[C@@H]1O. The van der Waals surface area contributed by atoms with Gasteiger partial charge in [0.05, 0.1) is 24.9 Å². The third-order valence-corrected chi connectivity index (χ3v) is 9.87. The molecule has 0 bridgehead atoms. The highest BCUT2D eigenvalue weighted by molar-refractivity contribution is 7.46. The molecule has 0 aromatic carbocycles. The fraction of sp³-hybridized carbons (Fsp3) is 0.892. The Kier molecular flexibility index (Phi) is 26.4.